The molecule has 8 rings (SSSR count). The van der Waals surface area contributed by atoms with E-state index in [1.807, 2.05) is 0 Å². The highest BCUT2D eigenvalue weighted by Crippen LogP contribution is 2.35. The summed E-state index contributed by atoms with van der Waals surface area (Å²) in [7, 11) is -6.04. The molecule has 2 atom stereocenters. The summed E-state index contributed by atoms with van der Waals surface area (Å²) in [6.07, 6.45) is -4.00. The molecular formula is C52H44Cl2F8N10O10S2. The number of hydrogen-bond acceptors (Lipinski definition) is 14. The molecule has 20 nitrogen and oxygen atoms in total. The quantitative estimate of drug-likeness (QED) is 0.0586. The number of nitrogens with zero attached hydrogens (tertiary/aromatic N) is 6. The van der Waals surface area contributed by atoms with Gasteiger partial charge in [-0.05, 0) is 83.9 Å². The Morgan fingerprint density at radius 3 is 1.26 bits per heavy atom. The standard InChI is InChI=1S/2C26H22ClF4N5O5S/c2*1-14(23(37)33-12-26(29,30)31)11-36-13-34-20-5-3-15(7-18(20)25(36)38)16-8-21(24(41-2)32-10-16)35-42(39,40)22-6-4-17(28)9-19(22)27/h2*3-10,13-14,35H,11-12H2,1-2H3,(H,33,37)/t2*14-/m10/s1. The summed E-state index contributed by atoms with van der Waals surface area (Å²) in [5.74, 6) is -5.30. The van der Waals surface area contributed by atoms with Crippen molar-refractivity contribution < 1.29 is 71.0 Å². The lowest BCUT2D eigenvalue weighted by Crippen LogP contribution is -2.39. The Hall–Kier alpha value is -8.48. The Balaban J connectivity index is 0.000000241. The van der Waals surface area contributed by atoms with Gasteiger partial charge in [0.1, 0.15) is 45.9 Å². The summed E-state index contributed by atoms with van der Waals surface area (Å²) in [6.45, 7) is -0.674. The molecule has 84 heavy (non-hydrogen) atoms. The van der Waals surface area contributed by atoms with Crippen LogP contribution < -0.4 is 40.7 Å². The van der Waals surface area contributed by atoms with Gasteiger partial charge in [-0.2, -0.15) is 26.3 Å². The van der Waals surface area contributed by atoms with E-state index in [1.165, 1.54) is 77.4 Å². The molecular weight excluding hydrogens is 1210 g/mol. The smallest absolute Gasteiger partial charge is 0.405 e. The van der Waals surface area contributed by atoms with Gasteiger partial charge in [0.15, 0.2) is 0 Å². The molecule has 2 amide bonds. The Kier molecular flexibility index (Phi) is 19.2. The lowest BCUT2D eigenvalue weighted by atomic mass is 10.0. The molecule has 8 aromatic rings. The Bertz CT molecular complexity index is 3930. The topological polar surface area (TPSA) is 265 Å². The maximum Gasteiger partial charge on any atom is 0.405 e. The molecule has 0 aliphatic carbocycles. The normalized spacial score (nSPS) is 12.6. The summed E-state index contributed by atoms with van der Waals surface area (Å²) in [4.78, 5) is 66.5. The van der Waals surface area contributed by atoms with Gasteiger partial charge < -0.3 is 20.1 Å². The third-order valence-corrected chi connectivity index (χ3v) is 15.7. The number of anilines is 2. The third-order valence-electron chi connectivity index (χ3n) is 12.0. The van der Waals surface area contributed by atoms with Gasteiger partial charge in [-0.25, -0.2) is 45.6 Å². The molecule has 0 saturated heterocycles. The average molecular weight is 1260 g/mol. The minimum Gasteiger partial charge on any atom is -0.480 e. The number of halogens is 10. The molecule has 0 aliphatic heterocycles. The number of ether oxygens (including phenoxy) is 2. The van der Waals surface area contributed by atoms with E-state index in [-0.39, 0.29) is 66.8 Å². The zero-order valence-corrected chi connectivity index (χ0v) is 46.9. The predicted molar refractivity (Wildman–Crippen MR) is 292 cm³/mol. The number of sulfonamides is 2. The van der Waals surface area contributed by atoms with Crippen molar-refractivity contribution in [1.29, 1.82) is 0 Å². The largest absolute Gasteiger partial charge is 0.480 e. The first kappa shape index (κ1) is 63.1. The van der Waals surface area contributed by atoms with Crippen LogP contribution in [-0.4, -0.2) is 97.4 Å². The van der Waals surface area contributed by atoms with Crippen molar-refractivity contribution in [2.24, 2.45) is 11.8 Å². The van der Waals surface area contributed by atoms with Gasteiger partial charge in [0.05, 0.1) is 70.6 Å². The van der Waals surface area contributed by atoms with Crippen LogP contribution in [0.1, 0.15) is 13.8 Å². The van der Waals surface area contributed by atoms with Crippen LogP contribution in [0.2, 0.25) is 10.0 Å². The average Bonchev–Trinajstić information content (AvgIpc) is 3.28. The number of fused-ring (bicyclic) bond motifs is 2. The second-order valence-corrected chi connectivity index (χ2v) is 22.4. The van der Waals surface area contributed by atoms with Crippen LogP contribution in [0, 0.1) is 23.5 Å². The van der Waals surface area contributed by atoms with Gasteiger partial charge in [-0.15, -0.1) is 0 Å². The van der Waals surface area contributed by atoms with Crippen molar-refractivity contribution in [3.63, 3.8) is 0 Å². The number of nitrogens with one attached hydrogen (secondary N) is 4. The number of aromatic nitrogens is 6. The molecule has 0 fully saturated rings. The van der Waals surface area contributed by atoms with Crippen LogP contribution in [0.5, 0.6) is 11.8 Å². The van der Waals surface area contributed by atoms with E-state index in [9.17, 15) is 71.1 Å². The van der Waals surface area contributed by atoms with Crippen molar-refractivity contribution in [3.8, 4) is 34.0 Å². The Labute approximate surface area is 480 Å². The van der Waals surface area contributed by atoms with E-state index in [0.29, 0.717) is 33.3 Å². The van der Waals surface area contributed by atoms with Gasteiger partial charge in [0, 0.05) is 36.6 Å². The van der Waals surface area contributed by atoms with Crippen molar-refractivity contribution in [1.82, 2.24) is 39.7 Å². The van der Waals surface area contributed by atoms with E-state index in [1.54, 1.807) is 34.9 Å². The highest BCUT2D eigenvalue weighted by atomic mass is 35.5. The minimum atomic E-state index is -4.57. The lowest BCUT2D eigenvalue weighted by molar-refractivity contribution is -0.140. The number of carbonyl (C=O) groups excluding carboxylic acids is 2. The zero-order chi connectivity index (χ0) is 61.6. The fourth-order valence-corrected chi connectivity index (χ4v) is 11.1. The predicted octanol–water partition coefficient (Wildman–Crippen LogP) is 8.75. The summed E-state index contributed by atoms with van der Waals surface area (Å²) in [6, 6.07) is 17.7. The van der Waals surface area contributed by atoms with Crippen LogP contribution in [0.3, 0.4) is 0 Å². The molecule has 0 saturated carbocycles. The van der Waals surface area contributed by atoms with Gasteiger partial charge >= 0.3 is 12.4 Å². The maximum atomic E-state index is 13.4. The molecule has 4 heterocycles. The summed E-state index contributed by atoms with van der Waals surface area (Å²) < 4.78 is 171. The van der Waals surface area contributed by atoms with Crippen molar-refractivity contribution >= 4 is 88.2 Å². The van der Waals surface area contributed by atoms with Crippen LogP contribution in [0.25, 0.3) is 44.1 Å². The molecule has 0 bridgehead atoms. The molecule has 0 unspecified atom stereocenters. The Morgan fingerprint density at radius 2 is 0.929 bits per heavy atom. The highest BCUT2D eigenvalue weighted by Gasteiger charge is 2.31. The maximum absolute atomic E-state index is 13.4. The van der Waals surface area contributed by atoms with Crippen LogP contribution in [0.4, 0.5) is 46.5 Å². The fourth-order valence-electron chi connectivity index (χ4n) is 7.89. The number of rotatable bonds is 18. The van der Waals surface area contributed by atoms with E-state index in [0.717, 1.165) is 45.5 Å². The molecule has 0 aliphatic rings. The summed E-state index contributed by atoms with van der Waals surface area (Å²) in [5, 5.41) is 3.17. The second kappa shape index (κ2) is 25.6. The van der Waals surface area contributed by atoms with E-state index < -0.39 is 91.9 Å². The number of carbonyl (C=O) groups is 2. The number of hydrogen-bond donors (Lipinski definition) is 4. The first-order chi connectivity index (χ1) is 39.4. The van der Waals surface area contributed by atoms with Gasteiger partial charge in [-0.1, -0.05) is 49.2 Å². The van der Waals surface area contributed by atoms with E-state index in [2.05, 4.69) is 29.4 Å². The summed E-state index contributed by atoms with van der Waals surface area (Å²) in [5.41, 5.74) is 0.985. The Morgan fingerprint density at radius 1 is 0.560 bits per heavy atom. The van der Waals surface area contributed by atoms with Crippen molar-refractivity contribution in [2.45, 2.75) is 49.1 Å². The monoisotopic (exact) mass is 1250 g/mol. The number of pyridine rings is 2. The molecule has 4 aromatic heterocycles. The second-order valence-electron chi connectivity index (χ2n) is 18.3. The van der Waals surface area contributed by atoms with E-state index in [4.69, 9.17) is 32.7 Å². The van der Waals surface area contributed by atoms with E-state index >= 15 is 0 Å². The van der Waals surface area contributed by atoms with Crippen LogP contribution in [-0.2, 0) is 42.7 Å². The number of alkyl halides is 6. The highest BCUT2D eigenvalue weighted by molar-refractivity contribution is 7.93. The number of amides is 2. The number of methoxy groups -OCH3 is 2. The molecule has 444 valence electrons. The lowest BCUT2D eigenvalue weighted by Gasteiger charge is -2.15. The first-order valence-corrected chi connectivity index (χ1v) is 27.8. The first-order valence-electron chi connectivity index (χ1n) is 24.1. The molecule has 32 heteroatoms. The fraction of sp³-hybridized carbons (Fsp3) is 0.231. The molecule has 4 N–H and O–H groups in total. The van der Waals surface area contributed by atoms with Gasteiger partial charge in [0.25, 0.3) is 31.2 Å². The van der Waals surface area contributed by atoms with Crippen LogP contribution >= 0.6 is 23.2 Å². The SMILES string of the molecule is COc1ncc(-c2ccc3ncn(C[C@@H](C)C(=O)NCC(F)(F)F)c(=O)c3c2)cc1NS(=O)(=O)c1ccc(F)cc1Cl.COc1ncc(-c2ccc3ncn(C[C@H](C)C(=O)NCC(F)(F)F)c(=O)c3c2)cc1NS(=O)(=O)c1ccc(F)cc1Cl. The van der Waals surface area contributed by atoms with Crippen molar-refractivity contribution in [2.75, 3.05) is 36.8 Å². The third kappa shape index (κ3) is 15.6. The van der Waals surface area contributed by atoms with Crippen molar-refractivity contribution in [3.05, 3.63) is 152 Å². The molecule has 0 spiro atoms. The molecule has 0 radical (unpaired) electrons. The number of benzene rings is 4. The minimum absolute atomic E-state index is 0.0715. The van der Waals surface area contributed by atoms with Gasteiger partial charge in [0.2, 0.25) is 23.6 Å². The summed E-state index contributed by atoms with van der Waals surface area (Å²) >= 11 is 11.9. The van der Waals surface area contributed by atoms with Crippen LogP contribution in [0.15, 0.2) is 129 Å². The zero-order valence-electron chi connectivity index (χ0n) is 43.7. The molecule has 4 aromatic carbocycles. The van der Waals surface area contributed by atoms with Gasteiger partial charge in [-0.3, -0.25) is 37.8 Å².